The second kappa shape index (κ2) is 7.08. The van der Waals surface area contributed by atoms with Crippen LogP contribution in [0, 0.1) is 10.1 Å². The van der Waals surface area contributed by atoms with Gasteiger partial charge in [-0.05, 0) is 18.2 Å². The number of rotatable bonds is 3. The number of hydrogen-bond acceptors (Lipinski definition) is 4. The Bertz CT molecular complexity index is 795. The number of hydrogen-bond donors (Lipinski definition) is 2. The third kappa shape index (κ3) is 4.18. The molecule has 0 aliphatic rings. The van der Waals surface area contributed by atoms with Crippen LogP contribution in [-0.2, 0) is 9.59 Å². The summed E-state index contributed by atoms with van der Waals surface area (Å²) >= 11 is 11.7. The lowest BCUT2D eigenvalue weighted by Crippen LogP contribution is -2.29. The van der Waals surface area contributed by atoms with E-state index in [2.05, 4.69) is 10.6 Å². The molecule has 0 aliphatic carbocycles. The van der Waals surface area contributed by atoms with E-state index in [1.165, 1.54) is 30.3 Å². The maximum absolute atomic E-state index is 11.8. The Balaban J connectivity index is 2.08. The summed E-state index contributed by atoms with van der Waals surface area (Å²) < 4.78 is 0. The molecule has 0 heterocycles. The molecule has 0 aromatic heterocycles. The molecule has 0 atom stereocenters. The van der Waals surface area contributed by atoms with Gasteiger partial charge in [-0.2, -0.15) is 0 Å². The average molecular weight is 354 g/mol. The molecule has 0 saturated carbocycles. The van der Waals surface area contributed by atoms with Gasteiger partial charge >= 0.3 is 11.8 Å². The molecule has 0 bridgehead atoms. The lowest BCUT2D eigenvalue weighted by Gasteiger charge is -2.08. The minimum Gasteiger partial charge on any atom is -0.318 e. The smallest absolute Gasteiger partial charge is 0.314 e. The lowest BCUT2D eigenvalue weighted by molar-refractivity contribution is -0.384. The van der Waals surface area contributed by atoms with Crippen LogP contribution < -0.4 is 10.6 Å². The third-order valence-electron chi connectivity index (χ3n) is 2.72. The number of nitro benzene ring substituents is 1. The van der Waals surface area contributed by atoms with Crippen LogP contribution in [0.1, 0.15) is 0 Å². The summed E-state index contributed by atoms with van der Waals surface area (Å²) in [5.41, 5.74) is 0.0935. The predicted octanol–water partition coefficient (Wildman–Crippen LogP) is 3.48. The summed E-state index contributed by atoms with van der Waals surface area (Å²) in [7, 11) is 0. The highest BCUT2D eigenvalue weighted by atomic mass is 35.5. The Hall–Kier alpha value is -2.64. The van der Waals surface area contributed by atoms with Gasteiger partial charge in [-0.25, -0.2) is 0 Å². The summed E-state index contributed by atoms with van der Waals surface area (Å²) in [6.07, 6.45) is 0. The SMILES string of the molecule is O=C(Nc1cccc([N+](=O)[O-])c1)C(=O)Nc1cccc(Cl)c1Cl. The van der Waals surface area contributed by atoms with Crippen LogP contribution in [0.2, 0.25) is 10.0 Å². The monoisotopic (exact) mass is 353 g/mol. The number of carbonyl (C=O) groups excluding carboxylic acids is 2. The van der Waals surface area contributed by atoms with E-state index in [4.69, 9.17) is 23.2 Å². The number of nitrogens with zero attached hydrogens (tertiary/aromatic N) is 1. The number of benzene rings is 2. The van der Waals surface area contributed by atoms with Crippen LogP contribution >= 0.6 is 23.2 Å². The number of nitro groups is 1. The molecule has 2 aromatic rings. The van der Waals surface area contributed by atoms with Gasteiger partial charge in [-0.1, -0.05) is 35.3 Å². The molecule has 118 valence electrons. The van der Waals surface area contributed by atoms with Gasteiger partial charge in [0.1, 0.15) is 0 Å². The van der Waals surface area contributed by atoms with E-state index < -0.39 is 16.7 Å². The van der Waals surface area contributed by atoms with Crippen molar-refractivity contribution in [3.8, 4) is 0 Å². The summed E-state index contributed by atoms with van der Waals surface area (Å²) in [5, 5.41) is 15.6. The van der Waals surface area contributed by atoms with Crippen molar-refractivity contribution in [2.45, 2.75) is 0 Å². The molecule has 0 aliphatic heterocycles. The number of nitrogens with one attached hydrogen (secondary N) is 2. The van der Waals surface area contributed by atoms with Crippen molar-refractivity contribution < 1.29 is 14.5 Å². The van der Waals surface area contributed by atoms with Gasteiger partial charge in [0.05, 0.1) is 20.7 Å². The molecule has 7 nitrogen and oxygen atoms in total. The first-order valence-electron chi connectivity index (χ1n) is 6.19. The normalized spacial score (nSPS) is 10.0. The van der Waals surface area contributed by atoms with Crippen LogP contribution in [0.15, 0.2) is 42.5 Å². The number of halogens is 2. The summed E-state index contributed by atoms with van der Waals surface area (Å²) in [6, 6.07) is 9.78. The fourth-order valence-corrected chi connectivity index (χ4v) is 2.01. The molecule has 0 spiro atoms. The van der Waals surface area contributed by atoms with Gasteiger partial charge in [0.2, 0.25) is 0 Å². The van der Waals surface area contributed by atoms with Gasteiger partial charge in [0.25, 0.3) is 5.69 Å². The highest BCUT2D eigenvalue weighted by Crippen LogP contribution is 2.29. The van der Waals surface area contributed by atoms with E-state index >= 15 is 0 Å². The average Bonchev–Trinajstić information content (AvgIpc) is 2.52. The van der Waals surface area contributed by atoms with Gasteiger partial charge in [0, 0.05) is 17.8 Å². The molecular weight excluding hydrogens is 345 g/mol. The van der Waals surface area contributed by atoms with Crippen molar-refractivity contribution in [1.29, 1.82) is 0 Å². The first-order chi connectivity index (χ1) is 10.9. The molecule has 0 unspecified atom stereocenters. The molecule has 0 saturated heterocycles. The van der Waals surface area contributed by atoms with Crippen LogP contribution in [-0.4, -0.2) is 16.7 Å². The summed E-state index contributed by atoms with van der Waals surface area (Å²) in [6.45, 7) is 0. The molecule has 2 aromatic carbocycles. The summed E-state index contributed by atoms with van der Waals surface area (Å²) in [5.74, 6) is -1.98. The van der Waals surface area contributed by atoms with Crippen molar-refractivity contribution in [3.63, 3.8) is 0 Å². The maximum Gasteiger partial charge on any atom is 0.314 e. The Morgan fingerprint density at radius 2 is 1.65 bits per heavy atom. The first kappa shape index (κ1) is 16.7. The fraction of sp³-hybridized carbons (Fsp3) is 0. The largest absolute Gasteiger partial charge is 0.318 e. The lowest BCUT2D eigenvalue weighted by atomic mass is 10.2. The van der Waals surface area contributed by atoms with Gasteiger partial charge in [-0.15, -0.1) is 0 Å². The summed E-state index contributed by atoms with van der Waals surface area (Å²) in [4.78, 5) is 33.7. The topological polar surface area (TPSA) is 101 Å². The second-order valence-corrected chi connectivity index (χ2v) is 5.10. The Morgan fingerprint density at radius 1 is 1.00 bits per heavy atom. The van der Waals surface area contributed by atoms with Crippen LogP contribution in [0.5, 0.6) is 0 Å². The predicted molar refractivity (Wildman–Crippen MR) is 86.8 cm³/mol. The van der Waals surface area contributed by atoms with Crippen molar-refractivity contribution in [2.75, 3.05) is 10.6 Å². The quantitative estimate of drug-likeness (QED) is 0.500. The Morgan fingerprint density at radius 3 is 2.35 bits per heavy atom. The van der Waals surface area contributed by atoms with Gasteiger partial charge in [-0.3, -0.25) is 19.7 Å². The van der Waals surface area contributed by atoms with E-state index in [0.717, 1.165) is 6.07 Å². The molecular formula is C14H9Cl2N3O4. The molecule has 2 amide bonds. The highest BCUT2D eigenvalue weighted by molar-refractivity contribution is 6.47. The van der Waals surface area contributed by atoms with E-state index in [1.807, 2.05) is 0 Å². The number of amides is 2. The molecule has 2 rings (SSSR count). The van der Waals surface area contributed by atoms with Gasteiger partial charge < -0.3 is 10.6 Å². The zero-order valence-corrected chi connectivity index (χ0v) is 12.9. The number of carbonyl (C=O) groups is 2. The minimum absolute atomic E-state index is 0.102. The first-order valence-corrected chi connectivity index (χ1v) is 6.95. The van der Waals surface area contributed by atoms with Crippen molar-refractivity contribution in [3.05, 3.63) is 62.6 Å². The molecule has 0 radical (unpaired) electrons. The standard InChI is InChI=1S/C14H9Cl2N3O4/c15-10-5-2-6-11(12(10)16)18-14(21)13(20)17-8-3-1-4-9(7-8)19(22)23/h1-7H,(H,17,20)(H,18,21). The highest BCUT2D eigenvalue weighted by Gasteiger charge is 2.17. The number of non-ortho nitro benzene ring substituents is 1. The van der Waals surface area contributed by atoms with Crippen LogP contribution in [0.3, 0.4) is 0 Å². The second-order valence-electron chi connectivity index (χ2n) is 4.32. The zero-order valence-electron chi connectivity index (χ0n) is 11.4. The molecule has 0 fully saturated rings. The molecule has 2 N–H and O–H groups in total. The Labute approximate surface area is 140 Å². The third-order valence-corrected chi connectivity index (χ3v) is 3.54. The molecule has 9 heteroatoms. The fourth-order valence-electron chi connectivity index (χ4n) is 1.66. The van der Waals surface area contributed by atoms with Crippen molar-refractivity contribution >= 4 is 52.1 Å². The van der Waals surface area contributed by atoms with Gasteiger partial charge in [0.15, 0.2) is 0 Å². The van der Waals surface area contributed by atoms with E-state index in [1.54, 1.807) is 6.07 Å². The molecule has 23 heavy (non-hydrogen) atoms. The minimum atomic E-state index is -0.999. The zero-order chi connectivity index (χ0) is 17.0. The van der Waals surface area contributed by atoms with E-state index in [0.29, 0.717) is 0 Å². The van der Waals surface area contributed by atoms with Crippen LogP contribution in [0.25, 0.3) is 0 Å². The van der Waals surface area contributed by atoms with Crippen LogP contribution in [0.4, 0.5) is 17.1 Å². The number of anilines is 2. The maximum atomic E-state index is 11.8. The Kier molecular flexibility index (Phi) is 5.15. The van der Waals surface area contributed by atoms with Crippen molar-refractivity contribution in [1.82, 2.24) is 0 Å². The van der Waals surface area contributed by atoms with Crippen molar-refractivity contribution in [2.24, 2.45) is 0 Å². The van der Waals surface area contributed by atoms with E-state index in [9.17, 15) is 19.7 Å². The van der Waals surface area contributed by atoms with E-state index in [-0.39, 0.29) is 27.1 Å².